The minimum Gasteiger partial charge on any atom is -0.494 e. The summed E-state index contributed by atoms with van der Waals surface area (Å²) >= 11 is 5.90. The molecule has 0 amide bonds. The van der Waals surface area contributed by atoms with Crippen molar-refractivity contribution in [1.29, 1.82) is 0 Å². The molecule has 0 aliphatic carbocycles. The lowest BCUT2D eigenvalue weighted by Crippen LogP contribution is -2.15. The molecular weight excluding hydrogens is 272 g/mol. The first-order valence-corrected chi connectivity index (χ1v) is 6.98. The second kappa shape index (κ2) is 7.30. The Balaban J connectivity index is 2.64. The van der Waals surface area contributed by atoms with E-state index in [1.165, 1.54) is 12.3 Å². The Hall–Kier alpha value is -1.54. The molecule has 0 bridgehead atoms. The number of halogens is 1. The summed E-state index contributed by atoms with van der Waals surface area (Å²) in [4.78, 5) is 11.8. The molecule has 1 aromatic rings. The summed E-state index contributed by atoms with van der Waals surface area (Å²) in [6.45, 7) is 7.71. The molecule has 0 fully saturated rings. The van der Waals surface area contributed by atoms with Crippen LogP contribution in [0.1, 0.15) is 39.2 Å². The Labute approximate surface area is 126 Å². The van der Waals surface area contributed by atoms with Crippen LogP contribution < -0.4 is 0 Å². The predicted octanol–water partition coefficient (Wildman–Crippen LogP) is 4.81. The molecule has 2 nitrogen and oxygen atoms in total. The molecule has 1 aromatic carbocycles. The van der Waals surface area contributed by atoms with Gasteiger partial charge in [0.05, 0.1) is 5.60 Å². The van der Waals surface area contributed by atoms with Crippen molar-refractivity contribution in [2.24, 2.45) is 0 Å². The maximum absolute atomic E-state index is 11.8. The highest BCUT2D eigenvalue weighted by molar-refractivity contribution is 6.44. The van der Waals surface area contributed by atoms with Crippen LogP contribution in [0.4, 0.5) is 0 Å². The molecule has 0 N–H and O–H groups in total. The van der Waals surface area contributed by atoms with E-state index in [9.17, 15) is 4.79 Å². The normalized spacial score (nSPS) is 14.3. The molecule has 1 atom stereocenters. The van der Waals surface area contributed by atoms with E-state index >= 15 is 0 Å². The zero-order chi connectivity index (χ0) is 15.2. The average Bonchev–Trinajstić information content (AvgIpc) is 2.41. The summed E-state index contributed by atoms with van der Waals surface area (Å²) < 4.78 is 5.35. The van der Waals surface area contributed by atoms with Crippen LogP contribution in [-0.2, 0) is 9.53 Å². The van der Waals surface area contributed by atoms with Crippen molar-refractivity contribution in [3.05, 3.63) is 59.3 Å². The Morgan fingerprint density at radius 3 is 2.40 bits per heavy atom. The largest absolute Gasteiger partial charge is 0.494 e. The van der Waals surface area contributed by atoms with Crippen LogP contribution in [-0.4, -0.2) is 11.4 Å². The zero-order valence-electron chi connectivity index (χ0n) is 12.4. The van der Waals surface area contributed by atoms with E-state index in [2.05, 4.69) is 0 Å². The minimum atomic E-state index is -0.360. The van der Waals surface area contributed by atoms with Crippen molar-refractivity contribution < 1.29 is 9.53 Å². The molecule has 1 rings (SSSR count). The second-order valence-electron chi connectivity index (χ2n) is 5.62. The van der Waals surface area contributed by atoms with E-state index in [1.54, 1.807) is 0 Å². The second-order valence-corrected chi connectivity index (χ2v) is 6.03. The van der Waals surface area contributed by atoms with Crippen molar-refractivity contribution in [2.75, 3.05) is 0 Å². The van der Waals surface area contributed by atoms with E-state index in [4.69, 9.17) is 16.3 Å². The van der Waals surface area contributed by atoms with Crippen LogP contribution in [0.2, 0.25) is 0 Å². The summed E-state index contributed by atoms with van der Waals surface area (Å²) in [5.74, 6) is -0.0909. The van der Waals surface area contributed by atoms with Gasteiger partial charge < -0.3 is 4.74 Å². The van der Waals surface area contributed by atoms with Crippen LogP contribution >= 0.6 is 11.6 Å². The molecule has 0 heterocycles. The third kappa shape index (κ3) is 6.07. The summed E-state index contributed by atoms with van der Waals surface area (Å²) in [6, 6.07) is 9.98. The average molecular weight is 293 g/mol. The number of rotatable bonds is 5. The molecule has 0 aromatic heterocycles. The first kappa shape index (κ1) is 16.5. The van der Waals surface area contributed by atoms with Gasteiger partial charge >= 0.3 is 0 Å². The fourth-order valence-corrected chi connectivity index (χ4v) is 1.57. The molecule has 0 saturated carbocycles. The quantitative estimate of drug-likeness (QED) is 0.575. The summed E-state index contributed by atoms with van der Waals surface area (Å²) in [5, 5.41) is 0.0800. The van der Waals surface area contributed by atoms with Crippen molar-refractivity contribution >= 4 is 17.4 Å². The van der Waals surface area contributed by atoms with Gasteiger partial charge in [-0.25, -0.2) is 0 Å². The van der Waals surface area contributed by atoms with Gasteiger partial charge in [0.2, 0.25) is 0 Å². The van der Waals surface area contributed by atoms with Crippen molar-refractivity contribution in [2.45, 2.75) is 39.2 Å². The number of ketones is 1. The first-order chi connectivity index (χ1) is 9.29. The Kier molecular flexibility index (Phi) is 6.03. The van der Waals surface area contributed by atoms with E-state index < -0.39 is 0 Å². The highest BCUT2D eigenvalue weighted by atomic mass is 35.5. The Bertz CT molecular complexity index is 495. The third-order valence-electron chi connectivity index (χ3n) is 2.61. The Morgan fingerprint density at radius 2 is 1.85 bits per heavy atom. The third-order valence-corrected chi connectivity index (χ3v) is 2.89. The molecule has 0 saturated heterocycles. The van der Waals surface area contributed by atoms with E-state index in [0.717, 1.165) is 5.56 Å². The summed E-state index contributed by atoms with van der Waals surface area (Å²) in [6.07, 6.45) is 4.63. The lowest BCUT2D eigenvalue weighted by Gasteiger charge is -2.17. The van der Waals surface area contributed by atoms with Gasteiger partial charge in [-0.2, -0.15) is 0 Å². The molecule has 108 valence electrons. The molecular formula is C17H21ClO2. The van der Waals surface area contributed by atoms with Crippen molar-refractivity contribution in [3.63, 3.8) is 0 Å². The molecule has 0 radical (unpaired) electrons. The maximum Gasteiger partial charge on any atom is 0.200 e. The summed E-state index contributed by atoms with van der Waals surface area (Å²) in [5.41, 5.74) is 0.796. The number of hydrogen-bond acceptors (Lipinski definition) is 2. The van der Waals surface area contributed by atoms with E-state index in [1.807, 2.05) is 64.1 Å². The topological polar surface area (TPSA) is 26.3 Å². The number of allylic oxidation sites excluding steroid dienone is 3. The summed E-state index contributed by atoms with van der Waals surface area (Å²) in [7, 11) is 0. The molecule has 1 unspecified atom stereocenters. The predicted molar refractivity (Wildman–Crippen MR) is 83.8 cm³/mol. The van der Waals surface area contributed by atoms with Crippen molar-refractivity contribution in [1.82, 2.24) is 0 Å². The van der Waals surface area contributed by atoms with Crippen molar-refractivity contribution in [3.8, 4) is 0 Å². The van der Waals surface area contributed by atoms with Gasteiger partial charge in [0.15, 0.2) is 5.78 Å². The number of benzene rings is 1. The monoisotopic (exact) mass is 292 g/mol. The van der Waals surface area contributed by atoms with Crippen LogP contribution in [0.5, 0.6) is 0 Å². The Morgan fingerprint density at radius 1 is 1.25 bits per heavy atom. The molecule has 0 spiro atoms. The van der Waals surface area contributed by atoms with Gasteiger partial charge in [0.1, 0.15) is 11.3 Å². The zero-order valence-corrected chi connectivity index (χ0v) is 13.1. The van der Waals surface area contributed by atoms with Gasteiger partial charge in [-0.15, -0.1) is 0 Å². The smallest absolute Gasteiger partial charge is 0.200 e. The number of hydrogen-bond donors (Lipinski definition) is 0. The van der Waals surface area contributed by atoms with Crippen LogP contribution in [0, 0.1) is 0 Å². The highest BCUT2D eigenvalue weighted by Crippen LogP contribution is 2.17. The lowest BCUT2D eigenvalue weighted by molar-refractivity contribution is -0.111. The van der Waals surface area contributed by atoms with Gasteiger partial charge in [-0.1, -0.05) is 54.9 Å². The number of carbonyl (C=O) groups excluding carboxylic acids is 1. The maximum atomic E-state index is 11.8. The molecule has 3 heteroatoms. The number of ether oxygens (including phenoxy) is 1. The van der Waals surface area contributed by atoms with E-state index in [0.29, 0.717) is 0 Å². The molecule has 20 heavy (non-hydrogen) atoms. The fourth-order valence-electron chi connectivity index (χ4n) is 1.47. The van der Waals surface area contributed by atoms with E-state index in [-0.39, 0.29) is 22.3 Å². The molecule has 0 aliphatic heterocycles. The minimum absolute atomic E-state index is 0.0800. The van der Waals surface area contributed by atoms with Gasteiger partial charge in [-0.3, -0.25) is 4.79 Å². The van der Waals surface area contributed by atoms with Gasteiger partial charge in [0, 0.05) is 0 Å². The van der Waals surface area contributed by atoms with Crippen LogP contribution in [0.15, 0.2) is 53.8 Å². The first-order valence-electron chi connectivity index (χ1n) is 6.60. The lowest BCUT2D eigenvalue weighted by atomic mass is 10.0. The van der Waals surface area contributed by atoms with Crippen LogP contribution in [0.25, 0.3) is 0 Å². The van der Waals surface area contributed by atoms with Gasteiger partial charge in [0.25, 0.3) is 0 Å². The van der Waals surface area contributed by atoms with Crippen LogP contribution in [0.3, 0.4) is 0 Å². The fraction of sp³-hybridized carbons (Fsp3) is 0.353. The standard InChI is InChI=1S/C17H21ClO2/c1-13(14-8-6-5-7-9-14)10-11-16(19)15(18)12-20-17(2,3)4/h5-13H,1-4H3/b11-10-,15-12-. The number of carbonyl (C=O) groups is 1. The SMILES string of the molecule is CC(/C=C\C(=O)/C(Cl)=C/OC(C)(C)C)c1ccccc1. The highest BCUT2D eigenvalue weighted by Gasteiger charge is 2.11. The van der Waals surface area contributed by atoms with Gasteiger partial charge in [-0.05, 0) is 38.3 Å². The molecule has 0 aliphatic rings.